The molecule has 2 amide bonds. The Morgan fingerprint density at radius 3 is 2.55 bits per heavy atom. The van der Waals surface area contributed by atoms with Crippen LogP contribution in [0, 0.1) is 6.92 Å². The van der Waals surface area contributed by atoms with Gasteiger partial charge < -0.3 is 10.1 Å². The van der Waals surface area contributed by atoms with Gasteiger partial charge in [0, 0.05) is 17.7 Å². The summed E-state index contributed by atoms with van der Waals surface area (Å²) in [5.74, 6) is 1.08. The molecule has 0 spiro atoms. The molecule has 1 atom stereocenters. The molecule has 5 aromatic rings. The molecule has 0 unspecified atom stereocenters. The van der Waals surface area contributed by atoms with Gasteiger partial charge in [0.2, 0.25) is 0 Å². The Morgan fingerprint density at radius 1 is 1.00 bits per heavy atom. The van der Waals surface area contributed by atoms with Gasteiger partial charge >= 0.3 is 0 Å². The topological polar surface area (TPSA) is 102 Å². The minimum absolute atomic E-state index is 0.105. The fraction of sp³-hybridized carbons (Fsp3) is 0.182. The third-order valence-corrected chi connectivity index (χ3v) is 9.03. The molecule has 0 saturated carbocycles. The second kappa shape index (κ2) is 13.3. The summed E-state index contributed by atoms with van der Waals surface area (Å²) in [5.41, 5.74) is 4.35. The first-order valence-electron chi connectivity index (χ1n) is 14.0. The van der Waals surface area contributed by atoms with Crippen molar-refractivity contribution >= 4 is 40.6 Å². The minimum atomic E-state index is -0.232. The lowest BCUT2D eigenvalue weighted by Gasteiger charge is -2.22. The van der Waals surface area contributed by atoms with Gasteiger partial charge in [-0.1, -0.05) is 60.3 Å². The van der Waals surface area contributed by atoms with Crippen molar-refractivity contribution in [1.29, 1.82) is 0 Å². The van der Waals surface area contributed by atoms with Crippen molar-refractivity contribution in [3.63, 3.8) is 0 Å². The first-order chi connectivity index (χ1) is 21.5. The van der Waals surface area contributed by atoms with Gasteiger partial charge in [-0.3, -0.25) is 14.2 Å². The lowest BCUT2D eigenvalue weighted by atomic mass is 10.0. The summed E-state index contributed by atoms with van der Waals surface area (Å²) in [5, 5.41) is 20.7. The molecule has 0 aliphatic carbocycles. The van der Waals surface area contributed by atoms with Gasteiger partial charge in [-0.15, -0.1) is 21.5 Å². The van der Waals surface area contributed by atoms with E-state index in [0.29, 0.717) is 23.0 Å². The summed E-state index contributed by atoms with van der Waals surface area (Å²) < 4.78 is 7.22. The second-order valence-corrected chi connectivity index (χ2v) is 12.1. The number of nitrogens with zero attached hydrogens (tertiary/aromatic N) is 5. The molecule has 0 bridgehead atoms. The highest BCUT2D eigenvalue weighted by Gasteiger charge is 2.33. The van der Waals surface area contributed by atoms with Crippen LogP contribution in [0.1, 0.15) is 44.6 Å². The van der Waals surface area contributed by atoms with Gasteiger partial charge in [-0.25, -0.2) is 5.01 Å². The number of thioether (sulfide) groups is 1. The third kappa shape index (κ3) is 6.43. The van der Waals surface area contributed by atoms with Gasteiger partial charge in [0.15, 0.2) is 11.0 Å². The number of methoxy groups -OCH3 is 1. The molecule has 9 nitrogen and oxygen atoms in total. The number of amides is 2. The molecule has 3 heterocycles. The smallest absolute Gasteiger partial charge is 0.253 e. The lowest BCUT2D eigenvalue weighted by molar-refractivity contribution is -0.130. The molecule has 6 rings (SSSR count). The third-order valence-electron chi connectivity index (χ3n) is 7.20. The van der Waals surface area contributed by atoms with Crippen LogP contribution >= 0.6 is 23.1 Å². The number of hydrogen-bond donors (Lipinski definition) is 1. The molecule has 222 valence electrons. The number of carbonyl (C=O) groups excluding carboxylic acids is 2. The van der Waals surface area contributed by atoms with E-state index in [9.17, 15) is 9.59 Å². The first kappa shape index (κ1) is 29.3. The van der Waals surface area contributed by atoms with E-state index < -0.39 is 0 Å². The molecule has 0 saturated heterocycles. The standard InChI is InChI=1S/C33H30N6O3S2/c1-22-8-6-11-25(18-22)38-30(20-34-32(41)24-9-4-3-5-10-24)35-36-33(38)44-21-31(40)39-28(23-13-15-26(42-2)16-14-23)19-27(37-39)29-12-7-17-43-29/h3-18,28H,19-21H2,1-2H3,(H,34,41)/t28-/m1/s1. The van der Waals surface area contributed by atoms with Crippen LogP contribution in [0.25, 0.3) is 5.69 Å². The summed E-state index contributed by atoms with van der Waals surface area (Å²) in [6, 6.07) is 28.5. The summed E-state index contributed by atoms with van der Waals surface area (Å²) in [6.07, 6.45) is 0.619. The van der Waals surface area contributed by atoms with Crippen molar-refractivity contribution in [1.82, 2.24) is 25.1 Å². The number of aryl methyl sites for hydroxylation is 1. The molecule has 11 heteroatoms. The number of rotatable bonds is 10. The van der Waals surface area contributed by atoms with Crippen molar-refractivity contribution in [2.24, 2.45) is 5.10 Å². The Balaban J connectivity index is 1.24. The number of aromatic nitrogens is 3. The summed E-state index contributed by atoms with van der Waals surface area (Å²) in [6.45, 7) is 2.18. The van der Waals surface area contributed by atoms with E-state index in [1.807, 2.05) is 95.7 Å². The largest absolute Gasteiger partial charge is 0.497 e. The highest BCUT2D eigenvalue weighted by molar-refractivity contribution is 7.99. The number of nitrogens with one attached hydrogen (secondary N) is 1. The fourth-order valence-electron chi connectivity index (χ4n) is 5.00. The fourth-order valence-corrected chi connectivity index (χ4v) is 6.54. The van der Waals surface area contributed by atoms with Crippen LogP contribution in [0.5, 0.6) is 5.75 Å². The average Bonchev–Trinajstić information content (AvgIpc) is 3.83. The number of benzene rings is 3. The van der Waals surface area contributed by atoms with E-state index in [1.54, 1.807) is 35.6 Å². The molecule has 2 aromatic heterocycles. The van der Waals surface area contributed by atoms with Crippen molar-refractivity contribution in [2.75, 3.05) is 12.9 Å². The highest BCUT2D eigenvalue weighted by atomic mass is 32.2. The van der Waals surface area contributed by atoms with E-state index >= 15 is 0 Å². The van der Waals surface area contributed by atoms with Crippen LogP contribution in [0.15, 0.2) is 107 Å². The Hall–Kier alpha value is -4.74. The zero-order chi connectivity index (χ0) is 30.5. The van der Waals surface area contributed by atoms with Crippen LogP contribution < -0.4 is 10.1 Å². The Labute approximate surface area is 263 Å². The van der Waals surface area contributed by atoms with Crippen LogP contribution in [-0.2, 0) is 11.3 Å². The predicted octanol–water partition coefficient (Wildman–Crippen LogP) is 6.05. The normalized spacial score (nSPS) is 14.4. The average molecular weight is 623 g/mol. The van der Waals surface area contributed by atoms with E-state index in [1.165, 1.54) is 11.8 Å². The molecule has 1 N–H and O–H groups in total. The Morgan fingerprint density at radius 2 is 1.82 bits per heavy atom. The lowest BCUT2D eigenvalue weighted by Crippen LogP contribution is -2.28. The summed E-state index contributed by atoms with van der Waals surface area (Å²) in [4.78, 5) is 27.6. The maximum Gasteiger partial charge on any atom is 0.253 e. The molecule has 1 aliphatic heterocycles. The van der Waals surface area contributed by atoms with Crippen molar-refractivity contribution in [3.8, 4) is 11.4 Å². The van der Waals surface area contributed by atoms with Gasteiger partial charge in [0.1, 0.15) is 5.75 Å². The maximum atomic E-state index is 13.8. The molecule has 0 radical (unpaired) electrons. The number of thiophene rings is 1. The van der Waals surface area contributed by atoms with Crippen LogP contribution in [0.2, 0.25) is 0 Å². The molecule has 1 aliphatic rings. The van der Waals surface area contributed by atoms with Crippen molar-refractivity contribution in [2.45, 2.75) is 31.1 Å². The minimum Gasteiger partial charge on any atom is -0.497 e. The van der Waals surface area contributed by atoms with Gasteiger partial charge in [-0.2, -0.15) is 5.10 Å². The van der Waals surface area contributed by atoms with Crippen LogP contribution in [-0.4, -0.2) is 50.2 Å². The molecule has 0 fully saturated rings. The maximum absolute atomic E-state index is 13.8. The quantitative estimate of drug-likeness (QED) is 0.191. The van der Waals surface area contributed by atoms with Crippen molar-refractivity contribution < 1.29 is 14.3 Å². The Kier molecular flexibility index (Phi) is 8.85. The molecular weight excluding hydrogens is 593 g/mol. The number of ether oxygens (including phenoxy) is 1. The summed E-state index contributed by atoms with van der Waals surface area (Å²) in [7, 11) is 1.63. The first-order valence-corrected chi connectivity index (χ1v) is 15.9. The van der Waals surface area contributed by atoms with Crippen molar-refractivity contribution in [3.05, 3.63) is 124 Å². The molecular formula is C33H30N6O3S2. The number of hydrogen-bond acceptors (Lipinski definition) is 8. The number of carbonyl (C=O) groups is 2. The SMILES string of the molecule is COc1ccc([C@H]2CC(c3cccs3)=NN2C(=O)CSc2nnc(CNC(=O)c3ccccc3)n2-c2cccc(C)c2)cc1. The Bertz CT molecular complexity index is 1790. The number of hydrazone groups is 1. The van der Waals surface area contributed by atoms with Crippen LogP contribution in [0.3, 0.4) is 0 Å². The van der Waals surface area contributed by atoms with Gasteiger partial charge in [-0.05, 0) is 65.9 Å². The monoisotopic (exact) mass is 622 g/mol. The molecule has 44 heavy (non-hydrogen) atoms. The predicted molar refractivity (Wildman–Crippen MR) is 172 cm³/mol. The van der Waals surface area contributed by atoms with E-state index in [0.717, 1.165) is 33.2 Å². The van der Waals surface area contributed by atoms with Gasteiger partial charge in [0.05, 0.1) is 36.0 Å². The van der Waals surface area contributed by atoms with E-state index in [-0.39, 0.29) is 30.2 Å². The molecule has 3 aromatic carbocycles. The van der Waals surface area contributed by atoms with E-state index in [2.05, 4.69) is 15.5 Å². The zero-order valence-electron chi connectivity index (χ0n) is 24.2. The second-order valence-electron chi connectivity index (χ2n) is 10.2. The van der Waals surface area contributed by atoms with E-state index in [4.69, 9.17) is 9.84 Å². The highest BCUT2D eigenvalue weighted by Crippen LogP contribution is 2.35. The van der Waals surface area contributed by atoms with Crippen LogP contribution in [0.4, 0.5) is 0 Å². The zero-order valence-corrected chi connectivity index (χ0v) is 25.8. The van der Waals surface area contributed by atoms with Gasteiger partial charge in [0.25, 0.3) is 11.8 Å². The summed E-state index contributed by atoms with van der Waals surface area (Å²) >= 11 is 2.91.